The van der Waals surface area contributed by atoms with Crippen LogP contribution in [0.1, 0.15) is 68.1 Å². The molecule has 0 amide bonds. The maximum absolute atomic E-state index is 14.7. The monoisotopic (exact) mass is 468 g/mol. The Morgan fingerprint density at radius 2 is 1.48 bits per heavy atom. The molecule has 1 nitrogen and oxygen atoms in total. The summed E-state index contributed by atoms with van der Waals surface area (Å²) in [5.41, 5.74) is 0.319. The summed E-state index contributed by atoms with van der Waals surface area (Å²) in [5.74, 6) is -3.80. The predicted molar refractivity (Wildman–Crippen MR) is 117 cm³/mol. The molecule has 1 aliphatic rings. The minimum Gasteiger partial charge on any atom is -0.459 e. The lowest BCUT2D eigenvalue weighted by Crippen LogP contribution is -2.13. The van der Waals surface area contributed by atoms with Gasteiger partial charge in [0.05, 0.1) is 6.26 Å². The van der Waals surface area contributed by atoms with Crippen molar-refractivity contribution in [2.75, 3.05) is 0 Å². The van der Waals surface area contributed by atoms with Crippen LogP contribution in [0.5, 0.6) is 5.75 Å². The molecule has 1 fully saturated rings. The van der Waals surface area contributed by atoms with E-state index in [4.69, 9.17) is 0 Å². The molecule has 33 heavy (non-hydrogen) atoms. The van der Waals surface area contributed by atoms with Crippen LogP contribution in [0.3, 0.4) is 0 Å². The number of benzene rings is 2. The lowest BCUT2D eigenvalue weighted by atomic mass is 9.77. The number of alkyl halides is 2. The second-order valence-electron chi connectivity index (χ2n) is 8.33. The Kier molecular flexibility index (Phi) is 8.64. The van der Waals surface area contributed by atoms with Gasteiger partial charge in [-0.2, -0.15) is 0 Å². The van der Waals surface area contributed by atoms with Crippen molar-refractivity contribution in [2.24, 2.45) is 5.92 Å². The van der Waals surface area contributed by atoms with Gasteiger partial charge in [0.15, 0.2) is 17.4 Å². The summed E-state index contributed by atoms with van der Waals surface area (Å²) in [5, 5.41) is 0. The maximum atomic E-state index is 14.7. The molecule has 7 heteroatoms. The van der Waals surface area contributed by atoms with Gasteiger partial charge in [-0.1, -0.05) is 25.8 Å². The highest BCUT2D eigenvalue weighted by Gasteiger charge is 2.23. The molecule has 0 atom stereocenters. The van der Waals surface area contributed by atoms with Gasteiger partial charge in [-0.05, 0) is 79.0 Å². The van der Waals surface area contributed by atoms with Crippen LogP contribution in [-0.4, -0.2) is 6.43 Å². The van der Waals surface area contributed by atoms with Crippen molar-refractivity contribution in [1.82, 2.24) is 0 Å². The summed E-state index contributed by atoms with van der Waals surface area (Å²) >= 11 is 0. The van der Waals surface area contributed by atoms with E-state index in [2.05, 4.69) is 11.7 Å². The second kappa shape index (κ2) is 11.4. The third-order valence-corrected chi connectivity index (χ3v) is 5.99. The van der Waals surface area contributed by atoms with Crippen LogP contribution in [0.4, 0.5) is 26.3 Å². The zero-order valence-corrected chi connectivity index (χ0v) is 18.3. The fourth-order valence-corrected chi connectivity index (χ4v) is 4.33. The van der Waals surface area contributed by atoms with E-state index in [1.807, 2.05) is 0 Å². The van der Waals surface area contributed by atoms with Gasteiger partial charge in [-0.3, -0.25) is 0 Å². The largest absolute Gasteiger partial charge is 0.459 e. The van der Waals surface area contributed by atoms with E-state index in [1.54, 1.807) is 0 Å². The zero-order chi connectivity index (χ0) is 24.0. The summed E-state index contributed by atoms with van der Waals surface area (Å²) in [6.07, 6.45) is 6.50. The molecule has 178 valence electrons. The van der Waals surface area contributed by atoms with Crippen molar-refractivity contribution in [3.05, 3.63) is 76.6 Å². The van der Waals surface area contributed by atoms with Crippen LogP contribution >= 0.6 is 0 Å². The second-order valence-corrected chi connectivity index (χ2v) is 8.33. The van der Waals surface area contributed by atoms with E-state index < -0.39 is 35.4 Å². The average molecular weight is 468 g/mol. The van der Waals surface area contributed by atoms with Gasteiger partial charge in [0.2, 0.25) is 0 Å². The fourth-order valence-electron chi connectivity index (χ4n) is 4.33. The highest BCUT2D eigenvalue weighted by molar-refractivity contribution is 5.70. The molecular formula is C26H26F6O. The van der Waals surface area contributed by atoms with Gasteiger partial charge in [0, 0.05) is 11.6 Å². The number of hydrogen-bond acceptors (Lipinski definition) is 1. The molecule has 0 aliphatic heterocycles. The van der Waals surface area contributed by atoms with Crippen LogP contribution in [0.2, 0.25) is 0 Å². The molecule has 2 aromatic carbocycles. The smallest absolute Gasteiger partial charge is 0.260 e. The molecule has 0 spiro atoms. The van der Waals surface area contributed by atoms with Gasteiger partial charge in [0.25, 0.3) is 6.43 Å². The average Bonchev–Trinajstić information content (AvgIpc) is 2.75. The van der Waals surface area contributed by atoms with Gasteiger partial charge in [-0.15, -0.1) is 0 Å². The lowest BCUT2D eigenvalue weighted by Gasteiger charge is -2.28. The molecule has 0 bridgehead atoms. The third-order valence-electron chi connectivity index (χ3n) is 5.99. The summed E-state index contributed by atoms with van der Waals surface area (Å²) < 4.78 is 86.2. The van der Waals surface area contributed by atoms with E-state index >= 15 is 0 Å². The highest BCUT2D eigenvalue weighted by Crippen LogP contribution is 2.38. The SMILES string of the molecule is CCCC1CCC(c2cc(F)c(C=Cc3cc(F)c(OC=CC(F)F)c(F)c3)c(F)c2)CC1. The van der Waals surface area contributed by atoms with Crippen molar-refractivity contribution in [3.63, 3.8) is 0 Å². The molecule has 0 heterocycles. The van der Waals surface area contributed by atoms with Gasteiger partial charge >= 0.3 is 0 Å². The first kappa shape index (κ1) is 24.9. The third kappa shape index (κ3) is 6.65. The molecule has 2 aromatic rings. The number of allylic oxidation sites excluding steroid dienone is 1. The first-order valence-corrected chi connectivity index (χ1v) is 11.1. The summed E-state index contributed by atoms with van der Waals surface area (Å²) in [6, 6.07) is 4.43. The Hall–Kier alpha value is -2.70. The van der Waals surface area contributed by atoms with Crippen molar-refractivity contribution in [3.8, 4) is 5.75 Å². The summed E-state index contributed by atoms with van der Waals surface area (Å²) in [7, 11) is 0. The highest BCUT2D eigenvalue weighted by atomic mass is 19.3. The van der Waals surface area contributed by atoms with E-state index in [1.165, 1.54) is 24.6 Å². The number of halogens is 6. The molecule has 0 N–H and O–H groups in total. The van der Waals surface area contributed by atoms with E-state index in [0.717, 1.165) is 50.3 Å². The summed E-state index contributed by atoms with van der Waals surface area (Å²) in [4.78, 5) is 0. The van der Waals surface area contributed by atoms with Crippen molar-refractivity contribution < 1.29 is 31.1 Å². The van der Waals surface area contributed by atoms with Crippen LogP contribution < -0.4 is 4.74 Å². The molecule has 0 radical (unpaired) electrons. The van der Waals surface area contributed by atoms with Crippen molar-refractivity contribution in [1.29, 1.82) is 0 Å². The Morgan fingerprint density at radius 3 is 2.03 bits per heavy atom. The van der Waals surface area contributed by atoms with Gasteiger partial charge < -0.3 is 4.74 Å². The minimum absolute atomic E-state index is 0.00712. The first-order chi connectivity index (χ1) is 15.8. The Labute approximate surface area is 189 Å². The fraction of sp³-hybridized carbons (Fsp3) is 0.385. The molecular weight excluding hydrogens is 442 g/mol. The Balaban J connectivity index is 1.74. The van der Waals surface area contributed by atoms with Crippen LogP contribution in [0.15, 0.2) is 36.6 Å². The van der Waals surface area contributed by atoms with Crippen molar-refractivity contribution >= 4 is 12.2 Å². The van der Waals surface area contributed by atoms with E-state index in [9.17, 15) is 26.3 Å². The molecule has 0 saturated heterocycles. The molecule has 3 rings (SSSR count). The molecule has 0 aromatic heterocycles. The number of ether oxygens (including phenoxy) is 1. The topological polar surface area (TPSA) is 9.23 Å². The quantitative estimate of drug-likeness (QED) is 0.214. The number of rotatable bonds is 8. The van der Waals surface area contributed by atoms with Crippen LogP contribution in [0, 0.1) is 29.2 Å². The van der Waals surface area contributed by atoms with Gasteiger partial charge in [-0.25, -0.2) is 26.3 Å². The minimum atomic E-state index is -2.83. The zero-order valence-electron chi connectivity index (χ0n) is 18.3. The maximum Gasteiger partial charge on any atom is 0.260 e. The first-order valence-electron chi connectivity index (χ1n) is 11.1. The van der Waals surface area contributed by atoms with Gasteiger partial charge in [0.1, 0.15) is 11.6 Å². The van der Waals surface area contributed by atoms with Crippen LogP contribution in [0.25, 0.3) is 12.2 Å². The standard InChI is InChI=1S/C26H26F6O/c1-2-3-16-4-7-18(8-5-16)19-14-21(27)20(22(28)15-19)9-6-17-12-23(29)26(24(30)13-17)33-11-10-25(31)32/h6,9-16,18,25H,2-5,7-8H2,1H3. The summed E-state index contributed by atoms with van der Waals surface area (Å²) in [6.45, 7) is 2.16. The van der Waals surface area contributed by atoms with E-state index in [-0.39, 0.29) is 17.0 Å². The van der Waals surface area contributed by atoms with Crippen molar-refractivity contribution in [2.45, 2.75) is 57.8 Å². The Morgan fingerprint density at radius 1 is 0.879 bits per heavy atom. The number of hydrogen-bond donors (Lipinski definition) is 0. The molecule has 0 unspecified atom stereocenters. The molecule has 1 saturated carbocycles. The van der Waals surface area contributed by atoms with Crippen LogP contribution in [-0.2, 0) is 0 Å². The lowest BCUT2D eigenvalue weighted by molar-refractivity contribution is 0.200. The predicted octanol–water partition coefficient (Wildman–Crippen LogP) is 8.64. The Bertz CT molecular complexity index is 960. The van der Waals surface area contributed by atoms with E-state index in [0.29, 0.717) is 23.8 Å². The normalized spacial score (nSPS) is 19.2. The molecule has 1 aliphatic carbocycles.